The highest BCUT2D eigenvalue weighted by atomic mass is 16.3. The first-order valence-electron chi connectivity index (χ1n) is 8.40. The van der Waals surface area contributed by atoms with Crippen molar-refractivity contribution in [2.24, 2.45) is 0 Å². The number of amides is 5. The third-order valence-electron chi connectivity index (χ3n) is 4.01. The summed E-state index contributed by atoms with van der Waals surface area (Å²) in [4.78, 5) is 51.9. The zero-order valence-corrected chi connectivity index (χ0v) is 15.2. The summed E-state index contributed by atoms with van der Waals surface area (Å²) in [5.41, 5.74) is -0.353. The molecule has 3 rings (SSSR count). The Kier molecular flexibility index (Phi) is 4.53. The van der Waals surface area contributed by atoms with Crippen molar-refractivity contribution >= 4 is 29.4 Å². The van der Waals surface area contributed by atoms with Crippen molar-refractivity contribution in [2.75, 3.05) is 4.90 Å². The number of para-hydroxylation sites is 1. The van der Waals surface area contributed by atoms with Crippen LogP contribution in [0.15, 0.2) is 60.7 Å². The van der Waals surface area contributed by atoms with E-state index in [9.17, 15) is 19.2 Å². The summed E-state index contributed by atoms with van der Waals surface area (Å²) < 4.78 is 0. The van der Waals surface area contributed by atoms with E-state index in [2.05, 4.69) is 0 Å². The van der Waals surface area contributed by atoms with Gasteiger partial charge in [0.2, 0.25) is 0 Å². The lowest BCUT2D eigenvalue weighted by molar-refractivity contribution is -0.148. The van der Waals surface area contributed by atoms with Crippen LogP contribution in [0.5, 0.6) is 0 Å². The first-order chi connectivity index (χ1) is 12.7. The van der Waals surface area contributed by atoms with Gasteiger partial charge in [-0.1, -0.05) is 36.4 Å². The van der Waals surface area contributed by atoms with Gasteiger partial charge in [-0.2, -0.15) is 5.01 Å². The highest BCUT2D eigenvalue weighted by Gasteiger charge is 2.52. The number of anilines is 1. The van der Waals surface area contributed by atoms with Gasteiger partial charge in [-0.15, -0.1) is 0 Å². The van der Waals surface area contributed by atoms with Gasteiger partial charge >= 0.3 is 17.8 Å². The van der Waals surface area contributed by atoms with Gasteiger partial charge < -0.3 is 0 Å². The second kappa shape index (κ2) is 6.68. The number of benzene rings is 2. The smallest absolute Gasteiger partial charge is 0.267 e. The summed E-state index contributed by atoms with van der Waals surface area (Å²) in [7, 11) is 0. The van der Waals surface area contributed by atoms with Crippen molar-refractivity contribution < 1.29 is 19.2 Å². The van der Waals surface area contributed by atoms with Crippen molar-refractivity contribution in [3.63, 3.8) is 0 Å². The number of nitrogens with zero attached hydrogens (tertiary/aromatic N) is 3. The molecule has 7 heteroatoms. The van der Waals surface area contributed by atoms with Gasteiger partial charge in [-0.05, 0) is 45.0 Å². The Morgan fingerprint density at radius 2 is 1.33 bits per heavy atom. The van der Waals surface area contributed by atoms with Crippen LogP contribution >= 0.6 is 0 Å². The third kappa shape index (κ3) is 3.19. The molecule has 7 nitrogen and oxygen atoms in total. The Morgan fingerprint density at radius 3 is 1.85 bits per heavy atom. The predicted octanol–water partition coefficient (Wildman–Crippen LogP) is 2.84. The monoisotopic (exact) mass is 365 g/mol. The average molecular weight is 365 g/mol. The molecular formula is C20H19N3O4. The van der Waals surface area contributed by atoms with Gasteiger partial charge in [0.1, 0.15) is 0 Å². The van der Waals surface area contributed by atoms with E-state index in [0.29, 0.717) is 10.6 Å². The summed E-state index contributed by atoms with van der Waals surface area (Å²) in [5, 5.41) is 1.67. The third-order valence-corrected chi connectivity index (χ3v) is 4.01. The van der Waals surface area contributed by atoms with Crippen LogP contribution in [0.4, 0.5) is 10.5 Å². The normalized spacial score (nSPS) is 14.7. The molecule has 138 valence electrons. The topological polar surface area (TPSA) is 78.0 Å². The number of hydrogen-bond acceptors (Lipinski definition) is 4. The van der Waals surface area contributed by atoms with Crippen LogP contribution in [0.3, 0.4) is 0 Å². The number of urea groups is 1. The van der Waals surface area contributed by atoms with Crippen molar-refractivity contribution in [1.29, 1.82) is 0 Å². The molecule has 0 N–H and O–H groups in total. The summed E-state index contributed by atoms with van der Waals surface area (Å²) >= 11 is 0. The molecule has 0 radical (unpaired) electrons. The van der Waals surface area contributed by atoms with Crippen LogP contribution in [0.25, 0.3) is 0 Å². The van der Waals surface area contributed by atoms with Gasteiger partial charge in [0, 0.05) is 5.56 Å². The Morgan fingerprint density at radius 1 is 0.815 bits per heavy atom. The molecule has 0 atom stereocenters. The van der Waals surface area contributed by atoms with E-state index < -0.39 is 29.3 Å². The molecule has 0 spiro atoms. The standard InChI is InChI=1S/C20H19N3O4/c1-20(2,3)23(16(24)14-10-6-4-7-11-14)22-18(26)17(25)21(19(22)27)15-12-8-5-9-13-15/h4-13H,1-3H3. The Labute approximate surface area is 156 Å². The first-order valence-corrected chi connectivity index (χ1v) is 8.40. The molecule has 0 unspecified atom stereocenters. The molecule has 1 aliphatic heterocycles. The molecule has 0 bridgehead atoms. The second-order valence-electron chi connectivity index (χ2n) is 7.03. The number of carbonyl (C=O) groups is 4. The molecule has 0 aliphatic carbocycles. The Balaban J connectivity index is 2.05. The van der Waals surface area contributed by atoms with Crippen molar-refractivity contribution in [1.82, 2.24) is 10.0 Å². The van der Waals surface area contributed by atoms with Crippen LogP contribution in [0.1, 0.15) is 31.1 Å². The van der Waals surface area contributed by atoms with Gasteiger partial charge in [0.25, 0.3) is 5.91 Å². The SMILES string of the molecule is CC(C)(C)N(C(=O)c1ccccc1)N1C(=O)C(=O)N(c2ccccc2)C1=O. The van der Waals surface area contributed by atoms with Crippen LogP contribution in [0, 0.1) is 0 Å². The van der Waals surface area contributed by atoms with Gasteiger partial charge in [-0.3, -0.25) is 14.4 Å². The summed E-state index contributed by atoms with van der Waals surface area (Å²) in [6.07, 6.45) is 0. The quantitative estimate of drug-likeness (QED) is 0.619. The molecule has 0 aromatic heterocycles. The minimum Gasteiger partial charge on any atom is -0.267 e. The molecule has 1 saturated heterocycles. The lowest BCUT2D eigenvalue weighted by Crippen LogP contribution is -2.58. The van der Waals surface area contributed by atoms with Gasteiger partial charge in [0.05, 0.1) is 11.2 Å². The predicted molar refractivity (Wildman–Crippen MR) is 98.5 cm³/mol. The van der Waals surface area contributed by atoms with E-state index in [1.165, 1.54) is 0 Å². The summed E-state index contributed by atoms with van der Waals surface area (Å²) in [6, 6.07) is 15.5. The summed E-state index contributed by atoms with van der Waals surface area (Å²) in [5.74, 6) is -2.61. The maximum Gasteiger partial charge on any atom is 0.358 e. The fourth-order valence-corrected chi connectivity index (χ4v) is 2.83. The number of hydrogen-bond donors (Lipinski definition) is 0. The molecule has 0 saturated carbocycles. The van der Waals surface area contributed by atoms with Crippen LogP contribution in [-0.2, 0) is 9.59 Å². The molecule has 2 aromatic rings. The minimum absolute atomic E-state index is 0.268. The fourth-order valence-electron chi connectivity index (χ4n) is 2.83. The minimum atomic E-state index is -1.07. The molecular weight excluding hydrogens is 346 g/mol. The lowest BCUT2D eigenvalue weighted by atomic mass is 10.1. The maximum atomic E-state index is 13.1. The van der Waals surface area contributed by atoms with E-state index in [0.717, 1.165) is 9.91 Å². The van der Waals surface area contributed by atoms with E-state index in [1.54, 1.807) is 81.4 Å². The van der Waals surface area contributed by atoms with E-state index in [-0.39, 0.29) is 5.69 Å². The molecule has 2 aromatic carbocycles. The van der Waals surface area contributed by atoms with Crippen LogP contribution in [0.2, 0.25) is 0 Å². The zero-order chi connectivity index (χ0) is 19.8. The maximum absolute atomic E-state index is 13.1. The Hall–Kier alpha value is -3.48. The van der Waals surface area contributed by atoms with Gasteiger partial charge in [0.15, 0.2) is 0 Å². The molecule has 1 heterocycles. The van der Waals surface area contributed by atoms with E-state index >= 15 is 0 Å². The lowest BCUT2D eigenvalue weighted by Gasteiger charge is -2.39. The fraction of sp³-hybridized carbons (Fsp3) is 0.200. The van der Waals surface area contributed by atoms with Crippen molar-refractivity contribution in [3.8, 4) is 0 Å². The number of hydrazine groups is 1. The Bertz CT molecular complexity index is 904. The number of rotatable bonds is 3. The van der Waals surface area contributed by atoms with Crippen LogP contribution < -0.4 is 4.90 Å². The highest BCUT2D eigenvalue weighted by molar-refractivity contribution is 6.52. The van der Waals surface area contributed by atoms with E-state index in [4.69, 9.17) is 0 Å². The van der Waals surface area contributed by atoms with Crippen molar-refractivity contribution in [2.45, 2.75) is 26.3 Å². The molecule has 1 aliphatic rings. The zero-order valence-electron chi connectivity index (χ0n) is 15.2. The van der Waals surface area contributed by atoms with Gasteiger partial charge in [-0.25, -0.2) is 14.7 Å². The summed E-state index contributed by atoms with van der Waals surface area (Å²) in [6.45, 7) is 5.05. The number of carbonyl (C=O) groups excluding carboxylic acids is 4. The van der Waals surface area contributed by atoms with Crippen molar-refractivity contribution in [3.05, 3.63) is 66.2 Å². The highest BCUT2D eigenvalue weighted by Crippen LogP contribution is 2.28. The first kappa shape index (κ1) is 18.3. The number of imide groups is 2. The second-order valence-corrected chi connectivity index (χ2v) is 7.03. The van der Waals surface area contributed by atoms with E-state index in [1.807, 2.05) is 0 Å². The average Bonchev–Trinajstić information content (AvgIpc) is 2.86. The molecule has 1 fully saturated rings. The molecule has 5 amide bonds. The van der Waals surface area contributed by atoms with Crippen LogP contribution in [-0.4, -0.2) is 39.3 Å². The molecule has 27 heavy (non-hydrogen) atoms. The largest absolute Gasteiger partial charge is 0.358 e.